The molecule has 11 heavy (non-hydrogen) atoms. The van der Waals surface area contributed by atoms with Gasteiger partial charge in [0.2, 0.25) is 0 Å². The van der Waals surface area contributed by atoms with Gasteiger partial charge >= 0.3 is 8.60 Å². The Balaban J connectivity index is 2.72. The van der Waals surface area contributed by atoms with Crippen molar-refractivity contribution in [3.8, 4) is 0 Å². The number of rotatable bonds is 1. The van der Waals surface area contributed by atoms with Crippen molar-refractivity contribution in [1.29, 1.82) is 0 Å². The van der Waals surface area contributed by atoms with Crippen molar-refractivity contribution in [3.05, 3.63) is 0 Å². The predicted molar refractivity (Wildman–Crippen MR) is 44.3 cm³/mol. The number of hydrogen-bond acceptors (Lipinski definition) is 3. The molecule has 0 amide bonds. The summed E-state index contributed by atoms with van der Waals surface area (Å²) < 4.78 is 16.1. The van der Waals surface area contributed by atoms with Gasteiger partial charge in [-0.1, -0.05) is 0 Å². The van der Waals surface area contributed by atoms with Gasteiger partial charge in [-0.05, 0) is 27.7 Å². The second-order valence-electron chi connectivity index (χ2n) is 3.61. The highest BCUT2D eigenvalue weighted by molar-refractivity contribution is 7.42. The van der Waals surface area contributed by atoms with E-state index in [2.05, 4.69) is 0 Å². The molecular weight excluding hydrogens is 163 g/mol. The molecule has 0 aromatic rings. The highest BCUT2D eigenvalue weighted by Gasteiger charge is 2.50. The zero-order chi connectivity index (χ0) is 8.70. The Morgan fingerprint density at radius 1 is 1.00 bits per heavy atom. The van der Waals surface area contributed by atoms with Gasteiger partial charge in [-0.25, -0.2) is 0 Å². The van der Waals surface area contributed by atoms with Crippen LogP contribution in [0.3, 0.4) is 0 Å². The molecule has 0 bridgehead atoms. The van der Waals surface area contributed by atoms with Gasteiger partial charge in [0.05, 0.1) is 0 Å². The largest absolute Gasteiger partial charge is 0.333 e. The van der Waals surface area contributed by atoms with E-state index < -0.39 is 8.60 Å². The molecule has 1 rings (SSSR count). The van der Waals surface area contributed by atoms with Crippen molar-refractivity contribution in [2.45, 2.75) is 38.9 Å². The average molecular weight is 178 g/mol. The molecule has 1 saturated heterocycles. The molecule has 0 aliphatic carbocycles. The summed E-state index contributed by atoms with van der Waals surface area (Å²) >= 11 is 0. The van der Waals surface area contributed by atoms with E-state index in [1.807, 2.05) is 27.7 Å². The standard InChI is InChI=1S/C7H15O3P/c1-6(2)7(3,4)10-11(8-5)9-6/h1-5H3. The van der Waals surface area contributed by atoms with Crippen LogP contribution in [0.5, 0.6) is 0 Å². The molecule has 1 fully saturated rings. The van der Waals surface area contributed by atoms with Gasteiger partial charge < -0.3 is 13.6 Å². The molecule has 0 saturated carbocycles. The Morgan fingerprint density at radius 2 is 1.36 bits per heavy atom. The fourth-order valence-corrected chi connectivity index (χ4v) is 2.06. The molecule has 0 spiro atoms. The summed E-state index contributed by atoms with van der Waals surface area (Å²) in [5.41, 5.74) is -0.510. The Morgan fingerprint density at radius 3 is 1.55 bits per heavy atom. The summed E-state index contributed by atoms with van der Waals surface area (Å²) in [6.45, 7) is 8.03. The summed E-state index contributed by atoms with van der Waals surface area (Å²) in [6, 6.07) is 0. The zero-order valence-corrected chi connectivity index (χ0v) is 8.57. The zero-order valence-electron chi connectivity index (χ0n) is 7.67. The molecule has 0 radical (unpaired) electrons. The monoisotopic (exact) mass is 178 g/mol. The van der Waals surface area contributed by atoms with Crippen LogP contribution in [0.15, 0.2) is 0 Å². The lowest BCUT2D eigenvalue weighted by molar-refractivity contribution is 0.00578. The first kappa shape index (κ1) is 9.40. The maximum Gasteiger partial charge on any atom is 0.333 e. The summed E-state index contributed by atoms with van der Waals surface area (Å²) in [4.78, 5) is 0. The fourth-order valence-electron chi connectivity index (χ4n) is 0.686. The molecule has 0 aromatic heterocycles. The van der Waals surface area contributed by atoms with Gasteiger partial charge in [-0.3, -0.25) is 0 Å². The van der Waals surface area contributed by atoms with Crippen molar-refractivity contribution in [2.24, 2.45) is 0 Å². The van der Waals surface area contributed by atoms with Gasteiger partial charge in [0, 0.05) is 7.11 Å². The van der Waals surface area contributed by atoms with E-state index in [-0.39, 0.29) is 11.2 Å². The van der Waals surface area contributed by atoms with Crippen LogP contribution >= 0.6 is 8.60 Å². The van der Waals surface area contributed by atoms with Gasteiger partial charge in [0.1, 0.15) is 11.2 Å². The summed E-state index contributed by atoms with van der Waals surface area (Å²) in [5.74, 6) is 0. The fraction of sp³-hybridized carbons (Fsp3) is 1.00. The van der Waals surface area contributed by atoms with Crippen LogP contribution in [0.25, 0.3) is 0 Å². The first-order valence-corrected chi connectivity index (χ1v) is 4.71. The molecule has 0 N–H and O–H groups in total. The van der Waals surface area contributed by atoms with Crippen LogP contribution < -0.4 is 0 Å². The van der Waals surface area contributed by atoms with Crippen molar-refractivity contribution in [3.63, 3.8) is 0 Å². The highest BCUT2D eigenvalue weighted by atomic mass is 31.2. The third-order valence-corrected chi connectivity index (χ3v) is 3.71. The van der Waals surface area contributed by atoms with Gasteiger partial charge in [0.25, 0.3) is 0 Å². The average Bonchev–Trinajstić information content (AvgIpc) is 2.03. The van der Waals surface area contributed by atoms with Crippen LogP contribution in [0.2, 0.25) is 0 Å². The maximum atomic E-state index is 5.53. The predicted octanol–water partition coefficient (Wildman–Crippen LogP) is 2.46. The Bertz CT molecular complexity index is 140. The van der Waals surface area contributed by atoms with Gasteiger partial charge in [-0.15, -0.1) is 0 Å². The second kappa shape index (κ2) is 2.67. The van der Waals surface area contributed by atoms with E-state index in [1.165, 1.54) is 0 Å². The van der Waals surface area contributed by atoms with Gasteiger partial charge in [-0.2, -0.15) is 0 Å². The summed E-state index contributed by atoms with van der Waals surface area (Å²) in [7, 11) is 0.482. The Hall–Kier alpha value is 0.310. The summed E-state index contributed by atoms with van der Waals surface area (Å²) in [5, 5.41) is 0. The lowest BCUT2D eigenvalue weighted by Crippen LogP contribution is -2.41. The van der Waals surface area contributed by atoms with Crippen LogP contribution in [-0.2, 0) is 13.6 Å². The van der Waals surface area contributed by atoms with Crippen molar-refractivity contribution < 1.29 is 13.6 Å². The quantitative estimate of drug-likeness (QED) is 0.577. The molecule has 4 heteroatoms. The molecule has 1 aliphatic heterocycles. The second-order valence-corrected chi connectivity index (χ2v) is 4.79. The van der Waals surface area contributed by atoms with E-state index >= 15 is 0 Å². The van der Waals surface area contributed by atoms with Gasteiger partial charge in [0.15, 0.2) is 0 Å². The molecule has 1 aliphatic rings. The van der Waals surface area contributed by atoms with E-state index in [1.54, 1.807) is 7.11 Å². The van der Waals surface area contributed by atoms with Crippen LogP contribution in [0, 0.1) is 0 Å². The van der Waals surface area contributed by atoms with Crippen molar-refractivity contribution in [2.75, 3.05) is 7.11 Å². The minimum Gasteiger partial charge on any atom is -0.316 e. The lowest BCUT2D eigenvalue weighted by atomic mass is 9.90. The molecule has 0 aromatic carbocycles. The Labute approximate surface area is 69.0 Å². The molecule has 0 atom stereocenters. The molecule has 66 valence electrons. The highest BCUT2D eigenvalue weighted by Crippen LogP contribution is 2.57. The SMILES string of the molecule is COP1OC(C)(C)C(C)(C)O1. The maximum absolute atomic E-state index is 5.53. The third-order valence-electron chi connectivity index (χ3n) is 2.20. The van der Waals surface area contributed by atoms with E-state index in [0.717, 1.165) is 0 Å². The van der Waals surface area contributed by atoms with E-state index in [9.17, 15) is 0 Å². The molecular formula is C7H15O3P. The lowest BCUT2D eigenvalue weighted by Gasteiger charge is -2.29. The van der Waals surface area contributed by atoms with Crippen LogP contribution in [0.1, 0.15) is 27.7 Å². The topological polar surface area (TPSA) is 27.7 Å². The van der Waals surface area contributed by atoms with E-state index in [4.69, 9.17) is 13.6 Å². The third kappa shape index (κ3) is 1.57. The smallest absolute Gasteiger partial charge is 0.316 e. The van der Waals surface area contributed by atoms with E-state index in [0.29, 0.717) is 0 Å². The van der Waals surface area contributed by atoms with Crippen molar-refractivity contribution in [1.82, 2.24) is 0 Å². The normalized spacial score (nSPS) is 29.2. The Kier molecular flexibility index (Phi) is 2.28. The van der Waals surface area contributed by atoms with Crippen LogP contribution in [-0.4, -0.2) is 18.3 Å². The molecule has 3 nitrogen and oxygen atoms in total. The van der Waals surface area contributed by atoms with Crippen LogP contribution in [0.4, 0.5) is 0 Å². The summed E-state index contributed by atoms with van der Waals surface area (Å²) in [6.07, 6.45) is 0. The first-order valence-electron chi connectivity index (χ1n) is 3.61. The van der Waals surface area contributed by atoms with Crippen molar-refractivity contribution >= 4 is 8.60 Å². The number of hydrogen-bond donors (Lipinski definition) is 0. The molecule has 1 heterocycles. The molecule has 0 unspecified atom stereocenters. The minimum atomic E-state index is -1.12. The minimum absolute atomic E-state index is 0.255. The first-order chi connectivity index (χ1) is 4.89.